The molecule has 0 saturated heterocycles. The van der Waals surface area contributed by atoms with Gasteiger partial charge in [0.15, 0.2) is 34.6 Å². The quantitative estimate of drug-likeness (QED) is 0.228. The summed E-state index contributed by atoms with van der Waals surface area (Å²) in [6, 6.07) is 5.28. The Morgan fingerprint density at radius 1 is 1.00 bits per heavy atom. The molecule has 0 atom stereocenters. The molecule has 0 bridgehead atoms. The number of aromatic nitrogens is 3. The molecule has 0 aliphatic heterocycles. The van der Waals surface area contributed by atoms with Crippen molar-refractivity contribution in [2.24, 2.45) is 0 Å². The molecule has 40 heavy (non-hydrogen) atoms. The van der Waals surface area contributed by atoms with Crippen LogP contribution in [0.1, 0.15) is 35.7 Å². The van der Waals surface area contributed by atoms with Gasteiger partial charge in [0.25, 0.3) is 5.56 Å². The fraction of sp³-hybridized carbons (Fsp3) is 0.259. The SMILES string of the molecule is CCCCOC(=O)c1cnc2c(c1)c(=O)[nH]c(=O)n2-c1cc(OCc2c(OC)ccc(F)c2F)c(OC)cc1F. The number of carbonyl (C=O) groups is 1. The van der Waals surface area contributed by atoms with Gasteiger partial charge in [-0.2, -0.15) is 0 Å². The number of unbranched alkanes of at least 4 members (excludes halogenated alkanes) is 1. The van der Waals surface area contributed by atoms with Crippen molar-refractivity contribution in [3.05, 3.63) is 85.9 Å². The Morgan fingerprint density at radius 2 is 1.75 bits per heavy atom. The highest BCUT2D eigenvalue weighted by Crippen LogP contribution is 2.34. The predicted octanol–water partition coefficient (Wildman–Crippen LogP) is 4.04. The number of nitrogens with zero attached hydrogens (tertiary/aromatic N) is 2. The minimum atomic E-state index is -1.20. The zero-order valence-electron chi connectivity index (χ0n) is 21.7. The lowest BCUT2D eigenvalue weighted by atomic mass is 10.2. The number of H-pyrrole nitrogens is 1. The lowest BCUT2D eigenvalue weighted by Crippen LogP contribution is -2.30. The van der Waals surface area contributed by atoms with Crippen LogP contribution < -0.4 is 25.5 Å². The predicted molar refractivity (Wildman–Crippen MR) is 137 cm³/mol. The van der Waals surface area contributed by atoms with Gasteiger partial charge >= 0.3 is 11.7 Å². The van der Waals surface area contributed by atoms with E-state index < -0.39 is 47.0 Å². The average Bonchev–Trinajstić information content (AvgIpc) is 2.94. The Kier molecular flexibility index (Phi) is 8.41. The van der Waals surface area contributed by atoms with E-state index in [1.165, 1.54) is 26.4 Å². The van der Waals surface area contributed by atoms with Crippen LogP contribution in [0.4, 0.5) is 13.2 Å². The molecule has 4 rings (SSSR count). The number of nitrogens with one attached hydrogen (secondary N) is 1. The van der Waals surface area contributed by atoms with Crippen LogP contribution in [0, 0.1) is 17.5 Å². The molecule has 4 aromatic rings. The Balaban J connectivity index is 1.79. The molecule has 0 aliphatic carbocycles. The fourth-order valence-electron chi connectivity index (χ4n) is 3.87. The van der Waals surface area contributed by atoms with Gasteiger partial charge in [-0.3, -0.25) is 9.78 Å². The van der Waals surface area contributed by atoms with E-state index in [2.05, 4.69) is 9.97 Å². The zero-order valence-corrected chi connectivity index (χ0v) is 21.7. The number of hydrogen-bond acceptors (Lipinski definition) is 8. The first-order valence-electron chi connectivity index (χ1n) is 12.0. The van der Waals surface area contributed by atoms with Crippen molar-refractivity contribution in [1.82, 2.24) is 14.5 Å². The molecular formula is C27H24F3N3O7. The van der Waals surface area contributed by atoms with Crippen molar-refractivity contribution in [2.45, 2.75) is 26.4 Å². The highest BCUT2D eigenvalue weighted by molar-refractivity contribution is 5.93. The summed E-state index contributed by atoms with van der Waals surface area (Å²) in [7, 11) is 2.50. The van der Waals surface area contributed by atoms with Crippen molar-refractivity contribution in [2.75, 3.05) is 20.8 Å². The summed E-state index contributed by atoms with van der Waals surface area (Å²) in [5, 5.41) is -0.186. The Hall–Kier alpha value is -4.81. The van der Waals surface area contributed by atoms with E-state index in [1.807, 2.05) is 6.92 Å². The summed E-state index contributed by atoms with van der Waals surface area (Å²) < 4.78 is 65.3. The van der Waals surface area contributed by atoms with Crippen molar-refractivity contribution in [3.63, 3.8) is 0 Å². The number of ether oxygens (including phenoxy) is 4. The average molecular weight is 559 g/mol. The molecule has 1 N–H and O–H groups in total. The molecule has 210 valence electrons. The third-order valence-corrected chi connectivity index (χ3v) is 5.93. The number of halogens is 3. The van der Waals surface area contributed by atoms with Crippen molar-refractivity contribution >= 4 is 17.0 Å². The van der Waals surface area contributed by atoms with Gasteiger partial charge in [0.2, 0.25) is 0 Å². The lowest BCUT2D eigenvalue weighted by Gasteiger charge is -2.16. The number of pyridine rings is 1. The molecule has 13 heteroatoms. The van der Waals surface area contributed by atoms with Crippen molar-refractivity contribution in [1.29, 1.82) is 0 Å². The van der Waals surface area contributed by atoms with Gasteiger partial charge in [-0.05, 0) is 24.6 Å². The summed E-state index contributed by atoms with van der Waals surface area (Å²) in [6.07, 6.45) is 2.55. The molecule has 0 fully saturated rings. The van der Waals surface area contributed by atoms with Crippen LogP contribution in [0.5, 0.6) is 17.2 Å². The molecule has 2 aromatic heterocycles. The monoisotopic (exact) mass is 559 g/mol. The van der Waals surface area contributed by atoms with Crippen LogP contribution >= 0.6 is 0 Å². The molecule has 0 saturated carbocycles. The van der Waals surface area contributed by atoms with Crippen LogP contribution in [0.25, 0.3) is 16.7 Å². The third-order valence-electron chi connectivity index (χ3n) is 5.93. The lowest BCUT2D eigenvalue weighted by molar-refractivity contribution is 0.0499. The maximum absolute atomic E-state index is 15.3. The Bertz CT molecular complexity index is 1700. The minimum Gasteiger partial charge on any atom is -0.496 e. The van der Waals surface area contributed by atoms with Gasteiger partial charge in [0, 0.05) is 18.3 Å². The number of esters is 1. The minimum absolute atomic E-state index is 0.0104. The van der Waals surface area contributed by atoms with Crippen LogP contribution in [-0.2, 0) is 11.3 Å². The summed E-state index contributed by atoms with van der Waals surface area (Å²) in [5.41, 5.74) is -2.83. The highest BCUT2D eigenvalue weighted by Gasteiger charge is 2.21. The van der Waals surface area contributed by atoms with Gasteiger partial charge in [-0.25, -0.2) is 32.3 Å². The van der Waals surface area contributed by atoms with Crippen LogP contribution in [-0.4, -0.2) is 41.3 Å². The molecule has 10 nitrogen and oxygen atoms in total. The van der Waals surface area contributed by atoms with Gasteiger partial charge in [0.05, 0.1) is 43.0 Å². The van der Waals surface area contributed by atoms with E-state index in [9.17, 15) is 23.2 Å². The second-order valence-corrected chi connectivity index (χ2v) is 8.46. The number of aromatic amines is 1. The Morgan fingerprint density at radius 3 is 2.45 bits per heavy atom. The molecule has 2 heterocycles. The fourth-order valence-corrected chi connectivity index (χ4v) is 3.87. The number of benzene rings is 2. The summed E-state index contributed by atoms with van der Waals surface area (Å²) >= 11 is 0. The number of hydrogen-bond donors (Lipinski definition) is 1. The zero-order chi connectivity index (χ0) is 29.0. The summed E-state index contributed by atoms with van der Waals surface area (Å²) in [5.74, 6) is -4.26. The highest BCUT2D eigenvalue weighted by atomic mass is 19.2. The normalized spacial score (nSPS) is 10.9. The first-order chi connectivity index (χ1) is 19.2. The van der Waals surface area contributed by atoms with E-state index in [1.54, 1.807) is 0 Å². The smallest absolute Gasteiger partial charge is 0.339 e. The number of methoxy groups -OCH3 is 2. The molecule has 0 amide bonds. The molecule has 0 aliphatic rings. The van der Waals surface area contributed by atoms with Crippen molar-refractivity contribution in [3.8, 4) is 22.9 Å². The second kappa shape index (κ2) is 11.9. The molecular weight excluding hydrogens is 535 g/mol. The number of rotatable bonds is 10. The molecule has 0 spiro atoms. The van der Waals surface area contributed by atoms with E-state index in [0.717, 1.165) is 35.4 Å². The van der Waals surface area contributed by atoms with Gasteiger partial charge in [-0.15, -0.1) is 0 Å². The van der Waals surface area contributed by atoms with E-state index in [0.29, 0.717) is 6.42 Å². The maximum Gasteiger partial charge on any atom is 0.339 e. The van der Waals surface area contributed by atoms with E-state index >= 15 is 4.39 Å². The molecule has 0 unspecified atom stereocenters. The van der Waals surface area contributed by atoms with Gasteiger partial charge in [0.1, 0.15) is 12.4 Å². The van der Waals surface area contributed by atoms with Crippen LogP contribution in [0.3, 0.4) is 0 Å². The van der Waals surface area contributed by atoms with E-state index in [-0.39, 0.29) is 46.0 Å². The first kappa shape index (κ1) is 28.2. The standard InChI is InChI=1S/C27H24F3N3O7/c1-4-5-8-39-26(35)14-9-15-24(31-12-14)33(27(36)32-25(15)34)19-11-22(21(38-3)10-18(19)29)40-13-16-20(37-2)7-6-17(28)23(16)30/h6-7,9-12H,4-5,8,13H2,1-3H3,(H,32,34,36). The summed E-state index contributed by atoms with van der Waals surface area (Å²) in [6.45, 7) is 1.56. The second-order valence-electron chi connectivity index (χ2n) is 8.46. The third kappa shape index (κ3) is 5.48. The number of carbonyl (C=O) groups excluding carboxylic acids is 1. The van der Waals surface area contributed by atoms with Gasteiger partial charge < -0.3 is 18.9 Å². The van der Waals surface area contributed by atoms with Crippen molar-refractivity contribution < 1.29 is 36.9 Å². The number of fused-ring (bicyclic) bond motifs is 1. The van der Waals surface area contributed by atoms with E-state index in [4.69, 9.17) is 18.9 Å². The van der Waals surface area contributed by atoms with Crippen LogP contribution in [0.2, 0.25) is 0 Å². The topological polar surface area (TPSA) is 122 Å². The van der Waals surface area contributed by atoms with Crippen LogP contribution in [0.15, 0.2) is 46.1 Å². The maximum atomic E-state index is 15.3. The molecule has 2 aromatic carbocycles. The Labute approximate surface area is 224 Å². The summed E-state index contributed by atoms with van der Waals surface area (Å²) in [4.78, 5) is 43.9. The largest absolute Gasteiger partial charge is 0.496 e. The first-order valence-corrected chi connectivity index (χ1v) is 12.0. The molecule has 0 radical (unpaired) electrons. The van der Waals surface area contributed by atoms with Gasteiger partial charge in [-0.1, -0.05) is 13.3 Å².